The highest BCUT2D eigenvalue weighted by Gasteiger charge is 2.13. The normalized spacial score (nSPS) is 15.1. The Hall–Kier alpha value is -3.94. The maximum atomic E-state index is 3.57. The van der Waals surface area contributed by atoms with Crippen molar-refractivity contribution in [2.75, 3.05) is 0 Å². The first kappa shape index (κ1) is 22.8. The molecule has 4 aromatic rings. The molecule has 0 saturated carbocycles. The number of hydrogen-bond acceptors (Lipinski definition) is 0. The molecular weight excluding hydrogens is 422 g/mol. The SMILES string of the molecule is CC(C)C1C=CC(C#Cc2ccc3c(c2)[nH]c2cc(C#Cc4ccc(C(C)(C)C)cc4)ccc23)=C1. The zero-order valence-corrected chi connectivity index (χ0v) is 21.2. The summed E-state index contributed by atoms with van der Waals surface area (Å²) in [4.78, 5) is 3.57. The highest BCUT2D eigenvalue weighted by molar-refractivity contribution is 6.07. The summed E-state index contributed by atoms with van der Waals surface area (Å²) in [5.41, 5.74) is 7.84. The van der Waals surface area contributed by atoms with Crippen LogP contribution in [0.4, 0.5) is 0 Å². The molecule has 35 heavy (non-hydrogen) atoms. The Kier molecular flexibility index (Phi) is 5.88. The van der Waals surface area contributed by atoms with E-state index in [4.69, 9.17) is 0 Å². The molecule has 0 saturated heterocycles. The van der Waals surface area contributed by atoms with Gasteiger partial charge in [0.15, 0.2) is 0 Å². The van der Waals surface area contributed by atoms with Crippen molar-refractivity contribution in [3.8, 4) is 23.7 Å². The van der Waals surface area contributed by atoms with Gasteiger partial charge >= 0.3 is 0 Å². The predicted octanol–water partition coefficient (Wildman–Crippen LogP) is 8.14. The average molecular weight is 454 g/mol. The van der Waals surface area contributed by atoms with E-state index in [1.807, 2.05) is 0 Å². The second-order valence-electron chi connectivity index (χ2n) is 10.8. The summed E-state index contributed by atoms with van der Waals surface area (Å²) in [6, 6.07) is 21.4. The molecule has 1 nitrogen and oxygen atoms in total. The van der Waals surface area contributed by atoms with Gasteiger partial charge in [-0.2, -0.15) is 0 Å². The van der Waals surface area contributed by atoms with Gasteiger partial charge in [0.1, 0.15) is 0 Å². The van der Waals surface area contributed by atoms with E-state index in [1.165, 1.54) is 16.3 Å². The van der Waals surface area contributed by atoms with Gasteiger partial charge in [0.05, 0.1) is 0 Å². The standard InChI is InChI=1S/C34H31N/c1-23(2)28-15-10-25(20-28)8-9-27-14-19-31-30-18-13-26(21-32(30)35-33(31)22-27)7-6-24-11-16-29(17-12-24)34(3,4)5/h10-23,28,35H,1-5H3. The molecule has 0 amide bonds. The fourth-order valence-electron chi connectivity index (χ4n) is 4.44. The lowest BCUT2D eigenvalue weighted by molar-refractivity contribution is 0.555. The van der Waals surface area contributed by atoms with Crippen LogP contribution < -0.4 is 0 Å². The molecule has 1 heteroatoms. The lowest BCUT2D eigenvalue weighted by Crippen LogP contribution is -2.10. The monoisotopic (exact) mass is 453 g/mol. The van der Waals surface area contributed by atoms with Crippen molar-refractivity contribution in [2.45, 2.75) is 40.0 Å². The number of hydrogen-bond donors (Lipinski definition) is 1. The van der Waals surface area contributed by atoms with Gasteiger partial charge in [0.25, 0.3) is 0 Å². The van der Waals surface area contributed by atoms with Crippen LogP contribution in [0.5, 0.6) is 0 Å². The summed E-state index contributed by atoms with van der Waals surface area (Å²) in [5.74, 6) is 14.4. The Balaban J connectivity index is 1.39. The first-order valence-electron chi connectivity index (χ1n) is 12.4. The summed E-state index contributed by atoms with van der Waals surface area (Å²) in [6.45, 7) is 11.2. The summed E-state index contributed by atoms with van der Waals surface area (Å²) in [5, 5.41) is 2.42. The number of aromatic nitrogens is 1. The number of nitrogens with one attached hydrogen (secondary N) is 1. The van der Waals surface area contributed by atoms with Gasteiger partial charge in [0.2, 0.25) is 0 Å². The lowest BCUT2D eigenvalue weighted by Gasteiger charge is -2.18. The van der Waals surface area contributed by atoms with Crippen LogP contribution in [0.25, 0.3) is 21.8 Å². The first-order chi connectivity index (χ1) is 16.8. The van der Waals surface area contributed by atoms with Crippen molar-refractivity contribution >= 4 is 21.8 Å². The Labute approximate surface area is 209 Å². The third-order valence-electron chi connectivity index (χ3n) is 6.69. The minimum absolute atomic E-state index is 0.153. The molecule has 0 radical (unpaired) electrons. The molecule has 1 aliphatic rings. The number of aromatic amines is 1. The van der Waals surface area contributed by atoms with E-state index in [9.17, 15) is 0 Å². The zero-order chi connectivity index (χ0) is 24.6. The van der Waals surface area contributed by atoms with Crippen LogP contribution in [-0.2, 0) is 5.41 Å². The summed E-state index contributed by atoms with van der Waals surface area (Å²) < 4.78 is 0. The zero-order valence-electron chi connectivity index (χ0n) is 21.2. The molecule has 0 bridgehead atoms. The molecule has 1 aromatic heterocycles. The number of H-pyrrole nitrogens is 1. The molecule has 172 valence electrons. The van der Waals surface area contributed by atoms with Crippen molar-refractivity contribution in [2.24, 2.45) is 11.8 Å². The Morgan fingerprint density at radius 2 is 1.26 bits per heavy atom. The van der Waals surface area contributed by atoms with E-state index in [1.54, 1.807) is 0 Å². The molecule has 1 aliphatic carbocycles. The van der Waals surface area contributed by atoms with E-state index in [0.29, 0.717) is 11.8 Å². The van der Waals surface area contributed by atoms with Crippen LogP contribution in [-0.4, -0.2) is 4.98 Å². The minimum atomic E-state index is 0.153. The lowest BCUT2D eigenvalue weighted by atomic mass is 9.87. The van der Waals surface area contributed by atoms with Gasteiger partial charge in [-0.1, -0.05) is 101 Å². The van der Waals surface area contributed by atoms with E-state index in [-0.39, 0.29) is 5.41 Å². The van der Waals surface area contributed by atoms with E-state index in [0.717, 1.165) is 33.3 Å². The second-order valence-corrected chi connectivity index (χ2v) is 10.8. The van der Waals surface area contributed by atoms with E-state index >= 15 is 0 Å². The van der Waals surface area contributed by atoms with Crippen molar-refractivity contribution in [3.63, 3.8) is 0 Å². The Morgan fingerprint density at radius 3 is 1.80 bits per heavy atom. The first-order valence-corrected chi connectivity index (χ1v) is 12.4. The van der Waals surface area contributed by atoms with E-state index in [2.05, 4.69) is 142 Å². The molecule has 5 rings (SSSR count). The highest BCUT2D eigenvalue weighted by Crippen LogP contribution is 2.27. The maximum Gasteiger partial charge on any atom is 0.0477 e. The molecular formula is C34H31N. The Bertz CT molecular complexity index is 1590. The third-order valence-corrected chi connectivity index (χ3v) is 6.69. The van der Waals surface area contributed by atoms with Crippen LogP contribution >= 0.6 is 0 Å². The minimum Gasteiger partial charge on any atom is -0.354 e. The fraction of sp³-hybridized carbons (Fsp3) is 0.235. The number of benzene rings is 3. The second kappa shape index (κ2) is 9.02. The topological polar surface area (TPSA) is 15.8 Å². The quantitative estimate of drug-likeness (QED) is 0.280. The van der Waals surface area contributed by atoms with Gasteiger partial charge in [-0.05, 0) is 59.2 Å². The number of rotatable bonds is 1. The highest BCUT2D eigenvalue weighted by atomic mass is 14.7. The molecule has 0 spiro atoms. The van der Waals surface area contributed by atoms with Gasteiger partial charge in [0, 0.05) is 44.1 Å². The fourth-order valence-corrected chi connectivity index (χ4v) is 4.44. The maximum absolute atomic E-state index is 3.57. The van der Waals surface area contributed by atoms with Crippen LogP contribution in [0.3, 0.4) is 0 Å². The summed E-state index contributed by atoms with van der Waals surface area (Å²) >= 11 is 0. The van der Waals surface area contributed by atoms with Crippen LogP contribution in [0, 0.1) is 35.5 Å². The Morgan fingerprint density at radius 1 is 0.714 bits per heavy atom. The van der Waals surface area contributed by atoms with Gasteiger partial charge in [-0.3, -0.25) is 0 Å². The van der Waals surface area contributed by atoms with Gasteiger partial charge in [-0.25, -0.2) is 0 Å². The number of fused-ring (bicyclic) bond motifs is 3. The molecule has 3 aromatic carbocycles. The third kappa shape index (κ3) is 4.96. The van der Waals surface area contributed by atoms with Crippen LogP contribution in [0.15, 0.2) is 84.5 Å². The molecule has 1 atom stereocenters. The molecule has 1 heterocycles. The molecule has 1 unspecified atom stereocenters. The largest absolute Gasteiger partial charge is 0.354 e. The molecule has 0 fully saturated rings. The summed E-state index contributed by atoms with van der Waals surface area (Å²) in [6.07, 6.45) is 6.65. The van der Waals surface area contributed by atoms with Crippen molar-refractivity contribution in [1.29, 1.82) is 0 Å². The van der Waals surface area contributed by atoms with Gasteiger partial charge in [-0.15, -0.1) is 0 Å². The summed E-state index contributed by atoms with van der Waals surface area (Å²) in [7, 11) is 0. The predicted molar refractivity (Wildman–Crippen MR) is 149 cm³/mol. The molecule has 1 N–H and O–H groups in total. The van der Waals surface area contributed by atoms with Crippen molar-refractivity contribution in [3.05, 3.63) is 107 Å². The molecule has 0 aliphatic heterocycles. The van der Waals surface area contributed by atoms with Gasteiger partial charge < -0.3 is 4.98 Å². The van der Waals surface area contributed by atoms with Crippen molar-refractivity contribution < 1.29 is 0 Å². The van der Waals surface area contributed by atoms with Crippen LogP contribution in [0.1, 0.15) is 56.9 Å². The van der Waals surface area contributed by atoms with Crippen LogP contribution in [0.2, 0.25) is 0 Å². The number of allylic oxidation sites excluding steroid dienone is 4. The van der Waals surface area contributed by atoms with E-state index < -0.39 is 0 Å². The smallest absolute Gasteiger partial charge is 0.0477 e. The average Bonchev–Trinajstić information content (AvgIpc) is 3.45. The van der Waals surface area contributed by atoms with Crippen molar-refractivity contribution in [1.82, 2.24) is 4.98 Å².